The molecule has 120 valence electrons. The first-order valence-corrected chi connectivity index (χ1v) is 8.09. The average molecular weight is 342 g/mol. The molecule has 3 N–H and O–H groups in total. The maximum absolute atomic E-state index is 12.5. The molecule has 0 aromatic heterocycles. The summed E-state index contributed by atoms with van der Waals surface area (Å²) in [7, 11) is 0. The van der Waals surface area contributed by atoms with E-state index in [9.17, 15) is 9.59 Å². The number of carbonyl (C=O) groups is 2. The van der Waals surface area contributed by atoms with Crippen LogP contribution in [0.1, 0.15) is 30.1 Å². The van der Waals surface area contributed by atoms with Crippen LogP contribution in [0.5, 0.6) is 0 Å². The predicted octanol–water partition coefficient (Wildman–Crippen LogP) is 2.10. The van der Waals surface area contributed by atoms with Crippen molar-refractivity contribution in [2.75, 3.05) is 18.4 Å². The number of amides is 2. The number of benzene rings is 1. The van der Waals surface area contributed by atoms with E-state index >= 15 is 0 Å². The average Bonchev–Trinajstić information content (AvgIpc) is 2.47. The number of halogens is 1. The molecule has 2 amide bonds. The quantitative estimate of drug-likeness (QED) is 0.820. The molecule has 1 aromatic rings. The topological polar surface area (TPSA) is 75.4 Å². The molecule has 0 radical (unpaired) electrons. The van der Waals surface area contributed by atoms with Gasteiger partial charge in [0.2, 0.25) is 5.91 Å². The van der Waals surface area contributed by atoms with Crippen molar-refractivity contribution in [1.29, 1.82) is 0 Å². The van der Waals surface area contributed by atoms with Gasteiger partial charge in [-0.15, -0.1) is 24.2 Å². The summed E-state index contributed by atoms with van der Waals surface area (Å²) in [5, 5.41) is 2.76. The smallest absolute Gasteiger partial charge is 0.253 e. The third-order valence-corrected chi connectivity index (χ3v) is 5.08. The van der Waals surface area contributed by atoms with Gasteiger partial charge in [-0.05, 0) is 38.0 Å². The number of fused-ring (bicyclic) bond motifs is 1. The Hall–Kier alpha value is -1.24. The van der Waals surface area contributed by atoms with Crippen LogP contribution in [-0.2, 0) is 4.79 Å². The van der Waals surface area contributed by atoms with Gasteiger partial charge in [-0.2, -0.15) is 0 Å². The number of nitrogens with zero attached hydrogens (tertiary/aromatic N) is 1. The van der Waals surface area contributed by atoms with Crippen LogP contribution in [-0.4, -0.2) is 41.1 Å². The number of piperidine rings is 1. The number of carbonyl (C=O) groups excluding carboxylic acids is 2. The van der Waals surface area contributed by atoms with Crippen LogP contribution in [0, 0.1) is 0 Å². The summed E-state index contributed by atoms with van der Waals surface area (Å²) >= 11 is 1.52. The number of hydrogen-bond donors (Lipinski definition) is 2. The SMILES string of the molecule is CC1Sc2ccc(C(=O)N3CCCC(N)C3)cc2NC1=O.Cl. The fourth-order valence-corrected chi connectivity index (χ4v) is 3.65. The molecule has 5 nitrogen and oxygen atoms in total. The molecule has 0 bridgehead atoms. The lowest BCUT2D eigenvalue weighted by Gasteiger charge is -2.31. The number of rotatable bonds is 1. The molecular formula is C15H20ClN3O2S. The Bertz CT molecular complexity index is 596. The Morgan fingerprint density at radius 3 is 2.95 bits per heavy atom. The highest BCUT2D eigenvalue weighted by Gasteiger charge is 2.26. The van der Waals surface area contributed by atoms with E-state index in [1.165, 1.54) is 11.8 Å². The van der Waals surface area contributed by atoms with Crippen molar-refractivity contribution in [3.8, 4) is 0 Å². The van der Waals surface area contributed by atoms with Crippen molar-refractivity contribution in [2.24, 2.45) is 5.73 Å². The lowest BCUT2D eigenvalue weighted by molar-refractivity contribution is -0.115. The second-order valence-corrected chi connectivity index (χ2v) is 7.00. The molecule has 1 aromatic carbocycles. The summed E-state index contributed by atoms with van der Waals surface area (Å²) in [6.45, 7) is 3.23. The number of hydrogen-bond acceptors (Lipinski definition) is 4. The summed E-state index contributed by atoms with van der Waals surface area (Å²) in [5.74, 6) is -0.0251. The molecule has 2 heterocycles. The van der Waals surface area contributed by atoms with Gasteiger partial charge in [0.15, 0.2) is 0 Å². The predicted molar refractivity (Wildman–Crippen MR) is 90.8 cm³/mol. The maximum atomic E-state index is 12.5. The Labute approximate surface area is 140 Å². The molecule has 1 fully saturated rings. The number of nitrogens with one attached hydrogen (secondary N) is 1. The van der Waals surface area contributed by atoms with Gasteiger partial charge in [0.1, 0.15) is 0 Å². The molecule has 1 saturated heterocycles. The third-order valence-electron chi connectivity index (χ3n) is 3.90. The van der Waals surface area contributed by atoms with E-state index in [4.69, 9.17) is 5.73 Å². The Morgan fingerprint density at radius 2 is 2.23 bits per heavy atom. The van der Waals surface area contributed by atoms with Crippen LogP contribution in [0.4, 0.5) is 5.69 Å². The zero-order chi connectivity index (χ0) is 15.0. The van der Waals surface area contributed by atoms with Gasteiger partial charge in [0.05, 0.1) is 10.9 Å². The molecule has 0 spiro atoms. The Morgan fingerprint density at radius 1 is 1.45 bits per heavy atom. The van der Waals surface area contributed by atoms with Crippen LogP contribution in [0.3, 0.4) is 0 Å². The summed E-state index contributed by atoms with van der Waals surface area (Å²) in [4.78, 5) is 27.1. The molecule has 3 rings (SSSR count). The number of likely N-dealkylation sites (tertiary alicyclic amines) is 1. The standard InChI is InChI=1S/C15H19N3O2S.ClH/c1-9-14(19)17-12-7-10(4-5-13(12)21-9)15(20)18-6-2-3-11(16)8-18;/h4-5,7,9,11H,2-3,6,8,16H2,1H3,(H,17,19);1H. The largest absolute Gasteiger partial charge is 0.337 e. The van der Waals surface area contributed by atoms with E-state index in [0.29, 0.717) is 12.1 Å². The number of anilines is 1. The molecule has 0 aliphatic carbocycles. The van der Waals surface area contributed by atoms with Crippen molar-refractivity contribution < 1.29 is 9.59 Å². The summed E-state index contributed by atoms with van der Waals surface area (Å²) in [5.41, 5.74) is 7.27. The van der Waals surface area contributed by atoms with Gasteiger partial charge in [0.25, 0.3) is 5.91 Å². The Kier molecular flexibility index (Phi) is 5.36. The monoisotopic (exact) mass is 341 g/mol. The normalized spacial score (nSPS) is 24.1. The van der Waals surface area contributed by atoms with Gasteiger partial charge in [-0.25, -0.2) is 0 Å². The van der Waals surface area contributed by atoms with Crippen molar-refractivity contribution >= 4 is 41.7 Å². The molecule has 7 heteroatoms. The number of nitrogens with two attached hydrogens (primary N) is 1. The minimum Gasteiger partial charge on any atom is -0.337 e. The fourth-order valence-electron chi connectivity index (χ4n) is 2.72. The maximum Gasteiger partial charge on any atom is 0.253 e. The minimum atomic E-state index is -0.0980. The van der Waals surface area contributed by atoms with Gasteiger partial charge in [0, 0.05) is 29.6 Å². The van der Waals surface area contributed by atoms with Crippen LogP contribution in [0.15, 0.2) is 23.1 Å². The second kappa shape index (κ2) is 6.89. The highest BCUT2D eigenvalue weighted by Crippen LogP contribution is 2.36. The molecule has 2 aliphatic rings. The molecular weight excluding hydrogens is 322 g/mol. The van der Waals surface area contributed by atoms with Crippen molar-refractivity contribution in [2.45, 2.75) is 36.0 Å². The lowest BCUT2D eigenvalue weighted by atomic mass is 10.0. The van der Waals surface area contributed by atoms with Crippen LogP contribution in [0.25, 0.3) is 0 Å². The first kappa shape index (κ1) is 17.1. The van der Waals surface area contributed by atoms with Gasteiger partial charge in [-0.1, -0.05) is 0 Å². The molecule has 2 atom stereocenters. The first-order chi connectivity index (χ1) is 10.0. The van der Waals surface area contributed by atoms with E-state index in [-0.39, 0.29) is 35.5 Å². The first-order valence-electron chi connectivity index (χ1n) is 7.21. The van der Waals surface area contributed by atoms with E-state index in [2.05, 4.69) is 5.32 Å². The van der Waals surface area contributed by atoms with Gasteiger partial charge >= 0.3 is 0 Å². The minimum absolute atomic E-state index is 0. The van der Waals surface area contributed by atoms with Crippen LogP contribution in [0.2, 0.25) is 0 Å². The highest BCUT2D eigenvalue weighted by molar-refractivity contribution is 8.00. The molecule has 22 heavy (non-hydrogen) atoms. The second-order valence-electron chi connectivity index (χ2n) is 5.61. The summed E-state index contributed by atoms with van der Waals surface area (Å²) in [6.07, 6.45) is 1.92. The fraction of sp³-hybridized carbons (Fsp3) is 0.467. The number of thioether (sulfide) groups is 1. The molecule has 2 unspecified atom stereocenters. The van der Waals surface area contributed by atoms with Crippen LogP contribution >= 0.6 is 24.2 Å². The van der Waals surface area contributed by atoms with Crippen molar-refractivity contribution in [3.05, 3.63) is 23.8 Å². The molecule has 2 aliphatic heterocycles. The van der Waals surface area contributed by atoms with Crippen LogP contribution < -0.4 is 11.1 Å². The van der Waals surface area contributed by atoms with Gasteiger partial charge < -0.3 is 16.0 Å². The van der Waals surface area contributed by atoms with E-state index in [1.54, 1.807) is 11.0 Å². The van der Waals surface area contributed by atoms with Crippen molar-refractivity contribution in [3.63, 3.8) is 0 Å². The summed E-state index contributed by atoms with van der Waals surface area (Å²) in [6, 6.07) is 5.58. The Balaban J connectivity index is 0.00000176. The van der Waals surface area contributed by atoms with E-state index in [0.717, 1.165) is 30.0 Å². The van der Waals surface area contributed by atoms with E-state index in [1.807, 2.05) is 19.1 Å². The zero-order valence-electron chi connectivity index (χ0n) is 12.4. The zero-order valence-corrected chi connectivity index (χ0v) is 14.0. The summed E-state index contributed by atoms with van der Waals surface area (Å²) < 4.78 is 0. The highest BCUT2D eigenvalue weighted by atomic mass is 35.5. The lowest BCUT2D eigenvalue weighted by Crippen LogP contribution is -2.45. The van der Waals surface area contributed by atoms with E-state index < -0.39 is 0 Å². The van der Waals surface area contributed by atoms with Gasteiger partial charge in [-0.3, -0.25) is 9.59 Å². The van der Waals surface area contributed by atoms with Crippen molar-refractivity contribution in [1.82, 2.24) is 4.90 Å². The third kappa shape index (κ3) is 3.39. The molecule has 0 saturated carbocycles.